The normalized spacial score (nSPS) is 13.9. The molecular weight excluding hydrogens is 648 g/mol. The van der Waals surface area contributed by atoms with E-state index in [1.165, 1.54) is 6.92 Å². The van der Waals surface area contributed by atoms with Crippen molar-refractivity contribution in [1.29, 1.82) is 0 Å². The molecule has 0 aliphatic rings. The van der Waals surface area contributed by atoms with Crippen LogP contribution in [0.25, 0.3) is 10.9 Å². The van der Waals surface area contributed by atoms with Gasteiger partial charge in [-0.3, -0.25) is 33.8 Å². The second kappa shape index (κ2) is 19.2. The Morgan fingerprint density at radius 3 is 2.04 bits per heavy atom. The average molecular weight is 691 g/mol. The maximum Gasteiger partial charge on any atom is 0.326 e. The number of aliphatic hydroxyl groups excluding tert-OH is 1. The van der Waals surface area contributed by atoms with Gasteiger partial charge in [0.2, 0.25) is 29.5 Å². The van der Waals surface area contributed by atoms with Crippen molar-refractivity contribution in [2.24, 2.45) is 22.2 Å². The number of fused-ring (bicyclic) bond motifs is 1. The van der Waals surface area contributed by atoms with E-state index in [1.807, 2.05) is 0 Å². The summed E-state index contributed by atoms with van der Waals surface area (Å²) in [6.45, 7) is -0.112. The number of carbonyl (C=O) groups is 7. The molecular formula is C29H42N10O10. The molecule has 0 saturated carbocycles. The number of para-hydroxylation sites is 1. The lowest BCUT2D eigenvalue weighted by molar-refractivity contribution is -0.142. The molecule has 0 bridgehead atoms. The number of hydrogen-bond donors (Lipinski definition) is 12. The van der Waals surface area contributed by atoms with Crippen LogP contribution in [0.1, 0.15) is 31.7 Å². The van der Waals surface area contributed by atoms with Crippen LogP contribution >= 0.6 is 0 Å². The number of aliphatic hydroxyl groups is 1. The number of aromatic amines is 1. The highest BCUT2D eigenvalue weighted by atomic mass is 16.4. The summed E-state index contributed by atoms with van der Waals surface area (Å²) in [5, 5.41) is 41.1. The van der Waals surface area contributed by atoms with Crippen LogP contribution in [0.15, 0.2) is 35.5 Å². The zero-order valence-corrected chi connectivity index (χ0v) is 26.6. The number of guanidine groups is 1. The Kier molecular flexibility index (Phi) is 15.4. The molecule has 0 unspecified atom stereocenters. The number of hydrogen-bond acceptors (Lipinski definition) is 10. The Balaban J connectivity index is 2.21. The van der Waals surface area contributed by atoms with E-state index in [0.29, 0.717) is 5.56 Å². The molecule has 2 aromatic rings. The molecule has 49 heavy (non-hydrogen) atoms. The van der Waals surface area contributed by atoms with Crippen molar-refractivity contribution < 1.29 is 48.9 Å². The quantitative estimate of drug-likeness (QED) is 0.0356. The third kappa shape index (κ3) is 12.8. The van der Waals surface area contributed by atoms with Gasteiger partial charge in [0.05, 0.1) is 19.6 Å². The molecule has 1 aromatic heterocycles. The van der Waals surface area contributed by atoms with Gasteiger partial charge in [-0.25, -0.2) is 4.79 Å². The number of amides is 5. The summed E-state index contributed by atoms with van der Waals surface area (Å²) in [6.07, 6.45) is 0.488. The summed E-state index contributed by atoms with van der Waals surface area (Å²) in [7, 11) is 0. The number of rotatable bonds is 20. The highest BCUT2D eigenvalue weighted by Crippen LogP contribution is 2.19. The lowest BCUT2D eigenvalue weighted by Crippen LogP contribution is -2.59. The van der Waals surface area contributed by atoms with Crippen molar-refractivity contribution >= 4 is 58.3 Å². The molecule has 20 nitrogen and oxygen atoms in total. The number of carboxylic acids is 2. The Morgan fingerprint density at radius 1 is 0.837 bits per heavy atom. The SMILES string of the molecule is C[C@H](NC(=O)CN)C(=O)N[C@@H](CC(=O)O)C(=O)N[C@@H](CCCN=C(N)N)C(=O)N[C@@H](CO)C(=O)N[C@@H](Cc1c[nH]c2ccccc12)C(=O)O. The third-order valence-electron chi connectivity index (χ3n) is 7.08. The second-order valence-electron chi connectivity index (χ2n) is 10.9. The van der Waals surface area contributed by atoms with E-state index < -0.39 is 91.3 Å². The Labute approximate surface area is 279 Å². The van der Waals surface area contributed by atoms with Crippen LogP contribution < -0.4 is 43.8 Å². The van der Waals surface area contributed by atoms with Crippen molar-refractivity contribution in [2.45, 2.75) is 62.8 Å². The number of nitrogens with zero attached hydrogens (tertiary/aromatic N) is 1. The van der Waals surface area contributed by atoms with Gasteiger partial charge in [-0.2, -0.15) is 0 Å². The number of carbonyl (C=O) groups excluding carboxylic acids is 5. The van der Waals surface area contributed by atoms with E-state index in [-0.39, 0.29) is 31.8 Å². The highest BCUT2D eigenvalue weighted by molar-refractivity contribution is 5.97. The predicted octanol–water partition coefficient (Wildman–Crippen LogP) is -4.28. The van der Waals surface area contributed by atoms with Gasteiger partial charge in [-0.05, 0) is 31.4 Å². The van der Waals surface area contributed by atoms with Gasteiger partial charge in [0.15, 0.2) is 5.96 Å². The summed E-state index contributed by atoms with van der Waals surface area (Å²) in [5.41, 5.74) is 17.2. The largest absolute Gasteiger partial charge is 0.481 e. The first-order chi connectivity index (χ1) is 23.2. The molecule has 2 rings (SSSR count). The lowest BCUT2D eigenvalue weighted by atomic mass is 10.0. The number of carboxylic acid groups (broad SMARTS) is 2. The number of aliphatic imine (C=N–C) groups is 1. The summed E-state index contributed by atoms with van der Waals surface area (Å²) in [4.78, 5) is 94.0. The topological polar surface area (TPSA) is 347 Å². The number of nitrogens with one attached hydrogen (secondary N) is 6. The molecule has 20 heteroatoms. The molecule has 0 spiro atoms. The maximum absolute atomic E-state index is 13.3. The first-order valence-electron chi connectivity index (χ1n) is 15.0. The molecule has 0 aliphatic heterocycles. The Bertz CT molecular complexity index is 1540. The van der Waals surface area contributed by atoms with Crippen LogP contribution in [0.2, 0.25) is 0 Å². The van der Waals surface area contributed by atoms with Crippen LogP contribution in [0.5, 0.6) is 0 Å². The lowest BCUT2D eigenvalue weighted by Gasteiger charge is -2.25. The number of benzene rings is 1. The van der Waals surface area contributed by atoms with E-state index in [2.05, 4.69) is 36.6 Å². The fourth-order valence-corrected chi connectivity index (χ4v) is 4.55. The third-order valence-corrected chi connectivity index (χ3v) is 7.08. The average Bonchev–Trinajstić information content (AvgIpc) is 3.46. The van der Waals surface area contributed by atoms with Crippen LogP contribution in [0, 0.1) is 0 Å². The van der Waals surface area contributed by atoms with E-state index in [9.17, 15) is 48.9 Å². The minimum Gasteiger partial charge on any atom is -0.481 e. The van der Waals surface area contributed by atoms with Gasteiger partial charge < -0.3 is 64.1 Å². The molecule has 1 heterocycles. The highest BCUT2D eigenvalue weighted by Gasteiger charge is 2.32. The van der Waals surface area contributed by atoms with E-state index in [4.69, 9.17) is 17.2 Å². The predicted molar refractivity (Wildman–Crippen MR) is 173 cm³/mol. The fourth-order valence-electron chi connectivity index (χ4n) is 4.55. The second-order valence-corrected chi connectivity index (χ2v) is 10.9. The van der Waals surface area contributed by atoms with Crippen molar-refractivity contribution in [1.82, 2.24) is 31.6 Å². The first kappa shape index (κ1) is 39.4. The number of H-pyrrole nitrogens is 1. The minimum absolute atomic E-state index is 0.00761. The van der Waals surface area contributed by atoms with Crippen LogP contribution in [0.3, 0.4) is 0 Å². The smallest absolute Gasteiger partial charge is 0.326 e. The molecule has 5 amide bonds. The number of nitrogens with two attached hydrogens (primary N) is 3. The molecule has 15 N–H and O–H groups in total. The Morgan fingerprint density at radius 2 is 1.43 bits per heavy atom. The maximum atomic E-state index is 13.3. The molecule has 268 valence electrons. The van der Waals surface area contributed by atoms with Gasteiger partial charge >= 0.3 is 11.9 Å². The number of aromatic nitrogens is 1. The van der Waals surface area contributed by atoms with Crippen LogP contribution in [0.4, 0.5) is 0 Å². The minimum atomic E-state index is -1.71. The van der Waals surface area contributed by atoms with Gasteiger partial charge in [0, 0.05) is 30.1 Å². The van der Waals surface area contributed by atoms with E-state index in [0.717, 1.165) is 10.9 Å². The summed E-state index contributed by atoms with van der Waals surface area (Å²) < 4.78 is 0. The number of aliphatic carboxylic acids is 2. The molecule has 1 aromatic carbocycles. The summed E-state index contributed by atoms with van der Waals surface area (Å²) >= 11 is 0. The van der Waals surface area contributed by atoms with Crippen molar-refractivity contribution in [3.63, 3.8) is 0 Å². The Hall–Kier alpha value is -5.76. The molecule has 0 saturated heterocycles. The summed E-state index contributed by atoms with van der Waals surface area (Å²) in [5.74, 6) is -7.88. The van der Waals surface area contributed by atoms with Crippen LogP contribution in [-0.2, 0) is 40.0 Å². The zero-order chi connectivity index (χ0) is 36.7. The molecule has 0 radical (unpaired) electrons. The van der Waals surface area contributed by atoms with E-state index in [1.54, 1.807) is 30.5 Å². The van der Waals surface area contributed by atoms with Gasteiger partial charge in [-0.15, -0.1) is 0 Å². The molecule has 5 atom stereocenters. The van der Waals surface area contributed by atoms with Gasteiger partial charge in [-0.1, -0.05) is 18.2 Å². The first-order valence-corrected chi connectivity index (χ1v) is 15.0. The van der Waals surface area contributed by atoms with Crippen LogP contribution in [-0.4, -0.2) is 118 Å². The van der Waals surface area contributed by atoms with Crippen molar-refractivity contribution in [3.05, 3.63) is 36.0 Å². The summed E-state index contributed by atoms with van der Waals surface area (Å²) in [6, 6.07) is -0.405. The zero-order valence-electron chi connectivity index (χ0n) is 26.6. The van der Waals surface area contributed by atoms with Gasteiger partial charge in [0.1, 0.15) is 30.2 Å². The fraction of sp³-hybridized carbons (Fsp3) is 0.448. The monoisotopic (exact) mass is 690 g/mol. The standard InChI is InChI=1S/C29H42N10O10/c1-14(35-22(41)11-30)24(44)37-19(10-23(42)43)26(46)36-18(7-4-8-33-29(31)32)25(45)39-21(13-40)27(47)38-20(28(48)49)9-15-12-34-17-6-3-2-5-16(15)17/h2-3,5-6,12,14,18-21,34,40H,4,7-11,13,30H2,1H3,(H,35,41)(H,36,46)(H,37,44)(H,38,47)(H,39,45)(H,42,43)(H,48,49)(H4,31,32,33)/t14-,18-,19-,20-,21-/m0/s1. The molecule has 0 aliphatic carbocycles. The van der Waals surface area contributed by atoms with Crippen molar-refractivity contribution in [3.8, 4) is 0 Å². The van der Waals surface area contributed by atoms with E-state index >= 15 is 0 Å². The van der Waals surface area contributed by atoms with Crippen molar-refractivity contribution in [2.75, 3.05) is 19.7 Å². The molecule has 0 fully saturated rings. The van der Waals surface area contributed by atoms with Gasteiger partial charge in [0.25, 0.3) is 0 Å².